The largest absolute Gasteiger partial charge is 0.457 e. The van der Waals surface area contributed by atoms with Crippen molar-refractivity contribution in [3.63, 3.8) is 0 Å². The maximum atomic E-state index is 12.2. The highest BCUT2D eigenvalue weighted by molar-refractivity contribution is 6.04. The summed E-state index contributed by atoms with van der Waals surface area (Å²) >= 11 is 0. The molecule has 2 aromatic rings. The van der Waals surface area contributed by atoms with Gasteiger partial charge in [0.1, 0.15) is 5.76 Å². The zero-order valence-electron chi connectivity index (χ0n) is 10.1. The average Bonchev–Trinajstić information content (AvgIpc) is 2.97. The third-order valence-corrected chi connectivity index (χ3v) is 2.62. The van der Waals surface area contributed by atoms with Gasteiger partial charge in [0.15, 0.2) is 11.6 Å². The van der Waals surface area contributed by atoms with E-state index in [1.54, 1.807) is 12.3 Å². The second-order valence-corrected chi connectivity index (χ2v) is 3.89. The molecule has 0 bridgehead atoms. The lowest BCUT2D eigenvalue weighted by molar-refractivity contribution is 0.0993. The van der Waals surface area contributed by atoms with Crippen molar-refractivity contribution in [3.05, 3.63) is 41.9 Å². The van der Waals surface area contributed by atoms with E-state index >= 15 is 0 Å². The summed E-state index contributed by atoms with van der Waals surface area (Å²) in [6, 6.07) is 3.55. The van der Waals surface area contributed by atoms with Gasteiger partial charge in [0, 0.05) is 25.4 Å². The Morgan fingerprint density at radius 3 is 2.88 bits per heavy atom. The van der Waals surface area contributed by atoms with Crippen molar-refractivity contribution < 1.29 is 9.21 Å². The minimum Gasteiger partial charge on any atom is -0.457 e. The fourth-order valence-electron chi connectivity index (χ4n) is 1.74. The first-order chi connectivity index (χ1) is 8.26. The van der Waals surface area contributed by atoms with Crippen LogP contribution in [0.4, 0.5) is 0 Å². The van der Waals surface area contributed by atoms with Gasteiger partial charge < -0.3 is 8.98 Å². The number of carbonyl (C=O) groups is 1. The topological polar surface area (TPSA) is 48.0 Å². The van der Waals surface area contributed by atoms with Crippen LogP contribution in [0.5, 0.6) is 0 Å². The molecule has 2 heterocycles. The molecular weight excluding hydrogens is 216 g/mol. The summed E-state index contributed by atoms with van der Waals surface area (Å²) in [5.41, 5.74) is 0. The van der Waals surface area contributed by atoms with E-state index in [-0.39, 0.29) is 5.78 Å². The first-order valence-electron chi connectivity index (χ1n) is 5.90. The molecule has 0 atom stereocenters. The van der Waals surface area contributed by atoms with E-state index in [0.29, 0.717) is 11.6 Å². The van der Waals surface area contributed by atoms with E-state index in [2.05, 4.69) is 11.9 Å². The summed E-state index contributed by atoms with van der Waals surface area (Å²) in [4.78, 5) is 16.3. The number of ketones is 1. The smallest absolute Gasteiger partial charge is 0.263 e. The summed E-state index contributed by atoms with van der Waals surface area (Å²) in [5.74, 6) is 1.49. The van der Waals surface area contributed by atoms with Crippen LogP contribution in [0.15, 0.2) is 28.9 Å². The second kappa shape index (κ2) is 4.99. The van der Waals surface area contributed by atoms with Gasteiger partial charge in [-0.05, 0) is 18.6 Å². The molecule has 4 nitrogen and oxygen atoms in total. The molecule has 2 rings (SSSR count). The second-order valence-electron chi connectivity index (χ2n) is 3.89. The number of aryl methyl sites for hydroxylation is 2. The first kappa shape index (κ1) is 11.6. The zero-order valence-corrected chi connectivity index (χ0v) is 10.1. The number of aromatic nitrogens is 2. The SMILES string of the molecule is CCCn1ccnc1C(=O)c1ccc(CC)o1. The molecule has 0 amide bonds. The number of furan rings is 1. The minimum absolute atomic E-state index is 0.150. The lowest BCUT2D eigenvalue weighted by Crippen LogP contribution is -2.10. The molecule has 90 valence electrons. The molecular formula is C13H16N2O2. The van der Waals surface area contributed by atoms with Gasteiger partial charge >= 0.3 is 0 Å². The van der Waals surface area contributed by atoms with E-state index in [1.165, 1.54) is 0 Å². The highest BCUT2D eigenvalue weighted by Gasteiger charge is 2.18. The van der Waals surface area contributed by atoms with Crippen LogP contribution >= 0.6 is 0 Å². The normalized spacial score (nSPS) is 10.7. The molecule has 0 saturated heterocycles. The Hall–Kier alpha value is -1.84. The number of carbonyl (C=O) groups excluding carboxylic acids is 1. The molecule has 17 heavy (non-hydrogen) atoms. The number of hydrogen-bond donors (Lipinski definition) is 0. The van der Waals surface area contributed by atoms with E-state index in [0.717, 1.165) is 25.1 Å². The summed E-state index contributed by atoms with van der Waals surface area (Å²) in [5, 5.41) is 0. The molecule has 0 aromatic carbocycles. The Morgan fingerprint density at radius 1 is 1.41 bits per heavy atom. The molecule has 0 unspecified atom stereocenters. The van der Waals surface area contributed by atoms with Crippen molar-refractivity contribution in [1.29, 1.82) is 0 Å². The highest BCUT2D eigenvalue weighted by atomic mass is 16.3. The summed E-state index contributed by atoms with van der Waals surface area (Å²) in [6.07, 6.45) is 5.22. The predicted molar refractivity (Wildman–Crippen MR) is 64.0 cm³/mol. The molecule has 2 aromatic heterocycles. The maximum Gasteiger partial charge on any atom is 0.263 e. The van der Waals surface area contributed by atoms with E-state index < -0.39 is 0 Å². The van der Waals surface area contributed by atoms with Crippen LogP contribution in [0.2, 0.25) is 0 Å². The standard InChI is InChI=1S/C13H16N2O2/c1-3-8-15-9-7-14-13(15)12(16)11-6-5-10(4-2)17-11/h5-7,9H,3-4,8H2,1-2H3. The van der Waals surface area contributed by atoms with Gasteiger partial charge in [-0.15, -0.1) is 0 Å². The third kappa shape index (κ3) is 2.30. The van der Waals surface area contributed by atoms with Crippen LogP contribution in [0.1, 0.15) is 42.4 Å². The fraction of sp³-hybridized carbons (Fsp3) is 0.385. The molecule has 0 fully saturated rings. The molecule has 0 aliphatic rings. The lowest BCUT2D eigenvalue weighted by Gasteiger charge is -2.03. The monoisotopic (exact) mass is 232 g/mol. The van der Waals surface area contributed by atoms with Crippen molar-refractivity contribution in [2.45, 2.75) is 33.2 Å². The van der Waals surface area contributed by atoms with Crippen molar-refractivity contribution in [2.24, 2.45) is 0 Å². The molecule has 0 saturated carbocycles. The highest BCUT2D eigenvalue weighted by Crippen LogP contribution is 2.13. The van der Waals surface area contributed by atoms with Gasteiger partial charge in [0.25, 0.3) is 5.78 Å². The van der Waals surface area contributed by atoms with Crippen LogP contribution < -0.4 is 0 Å². The van der Waals surface area contributed by atoms with Gasteiger partial charge in [-0.25, -0.2) is 4.98 Å². The van der Waals surface area contributed by atoms with Gasteiger partial charge in [0.2, 0.25) is 0 Å². The summed E-state index contributed by atoms with van der Waals surface area (Å²) < 4.78 is 7.31. The first-order valence-corrected chi connectivity index (χ1v) is 5.90. The number of rotatable bonds is 5. The van der Waals surface area contributed by atoms with Gasteiger partial charge in [-0.1, -0.05) is 13.8 Å². The van der Waals surface area contributed by atoms with Gasteiger partial charge in [-0.3, -0.25) is 4.79 Å². The molecule has 0 spiro atoms. The van der Waals surface area contributed by atoms with E-state index in [9.17, 15) is 4.79 Å². The molecule has 0 radical (unpaired) electrons. The Bertz CT molecular complexity index is 511. The molecule has 0 aliphatic heterocycles. The Morgan fingerprint density at radius 2 is 2.24 bits per heavy atom. The van der Waals surface area contributed by atoms with E-state index in [1.807, 2.05) is 23.8 Å². The third-order valence-electron chi connectivity index (χ3n) is 2.62. The Labute approximate surface area is 100 Å². The number of hydrogen-bond acceptors (Lipinski definition) is 3. The van der Waals surface area contributed by atoms with Crippen LogP contribution in [0.3, 0.4) is 0 Å². The minimum atomic E-state index is -0.150. The van der Waals surface area contributed by atoms with Crippen molar-refractivity contribution in [1.82, 2.24) is 9.55 Å². The Balaban J connectivity index is 2.27. The molecule has 0 N–H and O–H groups in total. The summed E-state index contributed by atoms with van der Waals surface area (Å²) in [7, 11) is 0. The van der Waals surface area contributed by atoms with Crippen LogP contribution in [0.25, 0.3) is 0 Å². The van der Waals surface area contributed by atoms with Crippen molar-refractivity contribution in [3.8, 4) is 0 Å². The zero-order chi connectivity index (χ0) is 12.3. The van der Waals surface area contributed by atoms with Crippen molar-refractivity contribution >= 4 is 5.78 Å². The maximum absolute atomic E-state index is 12.2. The predicted octanol–water partition coefficient (Wildman–Crippen LogP) is 2.68. The van der Waals surface area contributed by atoms with Crippen molar-refractivity contribution in [2.75, 3.05) is 0 Å². The van der Waals surface area contributed by atoms with Gasteiger partial charge in [-0.2, -0.15) is 0 Å². The Kier molecular flexibility index (Phi) is 3.42. The average molecular weight is 232 g/mol. The van der Waals surface area contributed by atoms with Crippen LogP contribution in [-0.2, 0) is 13.0 Å². The summed E-state index contributed by atoms with van der Waals surface area (Å²) in [6.45, 7) is 4.85. The van der Waals surface area contributed by atoms with Crippen LogP contribution in [0, 0.1) is 0 Å². The lowest BCUT2D eigenvalue weighted by atomic mass is 10.3. The number of nitrogens with zero attached hydrogens (tertiary/aromatic N) is 2. The quantitative estimate of drug-likeness (QED) is 0.744. The van der Waals surface area contributed by atoms with Gasteiger partial charge in [0.05, 0.1) is 0 Å². The molecule has 0 aliphatic carbocycles. The molecule has 4 heteroatoms. The van der Waals surface area contributed by atoms with Crippen LogP contribution in [-0.4, -0.2) is 15.3 Å². The fourth-order valence-corrected chi connectivity index (χ4v) is 1.74. The number of imidazole rings is 1. The van der Waals surface area contributed by atoms with E-state index in [4.69, 9.17) is 4.42 Å².